The molecule has 150 valence electrons. The molecule has 6 rings (SSSR count). The van der Waals surface area contributed by atoms with Crippen LogP contribution in [0.1, 0.15) is 52.8 Å². The maximum Gasteiger partial charge on any atom is 0.435 e. The predicted octanol–water partition coefficient (Wildman–Crippen LogP) is 4.16. The molecule has 0 unspecified atom stereocenters. The molecule has 0 saturated heterocycles. The Morgan fingerprint density at radius 1 is 1.17 bits per heavy atom. The van der Waals surface area contributed by atoms with Crippen LogP contribution < -0.4 is 0 Å². The highest BCUT2D eigenvalue weighted by Crippen LogP contribution is 2.42. The summed E-state index contributed by atoms with van der Waals surface area (Å²) in [7, 11) is 0. The van der Waals surface area contributed by atoms with Gasteiger partial charge in [-0.3, -0.25) is 4.68 Å². The smallest absolute Gasteiger partial charge is 0.268 e. The number of rotatable bonds is 4. The van der Waals surface area contributed by atoms with Crippen molar-refractivity contribution in [2.24, 2.45) is 0 Å². The Morgan fingerprint density at radius 2 is 2.03 bits per heavy atom. The van der Waals surface area contributed by atoms with Gasteiger partial charge < -0.3 is 0 Å². The lowest BCUT2D eigenvalue weighted by Gasteiger charge is -2.04. The molecule has 0 aromatic carbocycles. The minimum atomic E-state index is -4.42. The van der Waals surface area contributed by atoms with Gasteiger partial charge in [0.2, 0.25) is 0 Å². The van der Waals surface area contributed by atoms with Gasteiger partial charge in [0.25, 0.3) is 0 Å². The van der Waals surface area contributed by atoms with Gasteiger partial charge >= 0.3 is 6.18 Å². The first-order chi connectivity index (χ1) is 14.0. The van der Waals surface area contributed by atoms with Crippen LogP contribution in [0.25, 0.3) is 15.9 Å². The Balaban J connectivity index is 1.33. The number of nitrogens with zero attached hydrogens (tertiary/aromatic N) is 6. The highest BCUT2D eigenvalue weighted by atomic mass is 32.1. The molecule has 2 aliphatic rings. The van der Waals surface area contributed by atoms with Crippen molar-refractivity contribution in [2.75, 3.05) is 0 Å². The molecule has 2 aliphatic carbocycles. The summed E-state index contributed by atoms with van der Waals surface area (Å²) in [4.78, 5) is 11.6. The van der Waals surface area contributed by atoms with E-state index >= 15 is 0 Å². The van der Waals surface area contributed by atoms with E-state index in [1.807, 2.05) is 0 Å². The third-order valence-corrected chi connectivity index (χ3v) is 6.93. The summed E-state index contributed by atoms with van der Waals surface area (Å²) in [5, 5.41) is 9.42. The zero-order valence-corrected chi connectivity index (χ0v) is 16.2. The number of halogens is 3. The lowest BCUT2D eigenvalue weighted by molar-refractivity contribution is -0.141. The van der Waals surface area contributed by atoms with E-state index in [1.165, 1.54) is 21.2 Å². The molecule has 0 radical (unpaired) electrons. The van der Waals surface area contributed by atoms with Crippen molar-refractivity contribution in [3.8, 4) is 0 Å². The zero-order chi connectivity index (χ0) is 19.8. The SMILES string of the molecule is FC(F)(F)c1cc(C2CC2)n(CCc2nc3c4c5c(sc4ncn3n2)CCC5)n1. The van der Waals surface area contributed by atoms with Gasteiger partial charge in [-0.2, -0.15) is 18.3 Å². The van der Waals surface area contributed by atoms with Crippen LogP contribution in [0.15, 0.2) is 12.4 Å². The van der Waals surface area contributed by atoms with Gasteiger partial charge in [-0.1, -0.05) is 0 Å². The predicted molar refractivity (Wildman–Crippen MR) is 101 cm³/mol. The molecule has 10 heteroatoms. The Kier molecular flexibility index (Phi) is 3.60. The van der Waals surface area contributed by atoms with Crippen LogP contribution in [0.4, 0.5) is 13.2 Å². The summed E-state index contributed by atoms with van der Waals surface area (Å²) < 4.78 is 42.4. The molecule has 0 bridgehead atoms. The van der Waals surface area contributed by atoms with E-state index in [0.29, 0.717) is 24.5 Å². The van der Waals surface area contributed by atoms with Gasteiger partial charge in [-0.25, -0.2) is 14.5 Å². The Labute approximate surface area is 167 Å². The van der Waals surface area contributed by atoms with Crippen molar-refractivity contribution in [3.05, 3.63) is 40.0 Å². The molecular weight excluding hydrogens is 401 g/mol. The molecule has 6 nitrogen and oxygen atoms in total. The second kappa shape index (κ2) is 6.01. The van der Waals surface area contributed by atoms with E-state index in [-0.39, 0.29) is 5.92 Å². The number of fused-ring (bicyclic) bond motifs is 5. The van der Waals surface area contributed by atoms with Crippen LogP contribution >= 0.6 is 11.3 Å². The first kappa shape index (κ1) is 17.4. The van der Waals surface area contributed by atoms with Crippen molar-refractivity contribution < 1.29 is 13.2 Å². The molecule has 29 heavy (non-hydrogen) atoms. The van der Waals surface area contributed by atoms with Crippen LogP contribution in [-0.4, -0.2) is 29.4 Å². The summed E-state index contributed by atoms with van der Waals surface area (Å²) in [5.41, 5.74) is 1.98. The van der Waals surface area contributed by atoms with E-state index in [4.69, 9.17) is 4.98 Å². The van der Waals surface area contributed by atoms with E-state index in [9.17, 15) is 13.2 Å². The number of hydrogen-bond acceptors (Lipinski definition) is 5. The van der Waals surface area contributed by atoms with Crippen molar-refractivity contribution >= 4 is 27.2 Å². The molecule has 0 N–H and O–H groups in total. The zero-order valence-electron chi connectivity index (χ0n) is 15.4. The molecule has 4 aromatic heterocycles. The molecule has 0 amide bonds. The first-order valence-corrected chi connectivity index (χ1v) is 10.6. The van der Waals surface area contributed by atoms with Gasteiger partial charge in [-0.15, -0.1) is 16.4 Å². The van der Waals surface area contributed by atoms with Gasteiger partial charge in [0.15, 0.2) is 17.2 Å². The van der Waals surface area contributed by atoms with Crippen LogP contribution in [0.5, 0.6) is 0 Å². The fourth-order valence-corrected chi connectivity index (χ4v) is 5.43. The Bertz CT molecular complexity index is 1250. The van der Waals surface area contributed by atoms with Gasteiger partial charge in [-0.05, 0) is 43.7 Å². The number of thiophene rings is 1. The number of alkyl halides is 3. The fraction of sp³-hybridized carbons (Fsp3) is 0.474. The average Bonchev–Trinajstić information content (AvgIpc) is 3.03. The quantitative estimate of drug-likeness (QED) is 0.499. The highest BCUT2D eigenvalue weighted by Gasteiger charge is 2.37. The van der Waals surface area contributed by atoms with Crippen LogP contribution in [0.2, 0.25) is 0 Å². The summed E-state index contributed by atoms with van der Waals surface area (Å²) in [6.45, 7) is 0.330. The van der Waals surface area contributed by atoms with Crippen molar-refractivity contribution in [3.63, 3.8) is 0 Å². The van der Waals surface area contributed by atoms with Crippen molar-refractivity contribution in [1.29, 1.82) is 0 Å². The molecule has 0 atom stereocenters. The summed E-state index contributed by atoms with van der Waals surface area (Å²) >= 11 is 1.72. The first-order valence-electron chi connectivity index (χ1n) is 9.77. The normalized spacial score (nSPS) is 16.9. The van der Waals surface area contributed by atoms with Gasteiger partial charge in [0.1, 0.15) is 11.2 Å². The van der Waals surface area contributed by atoms with Crippen molar-refractivity contribution in [2.45, 2.75) is 57.2 Å². The van der Waals surface area contributed by atoms with Crippen molar-refractivity contribution in [1.82, 2.24) is 29.4 Å². The maximum absolute atomic E-state index is 13.1. The lowest BCUT2D eigenvalue weighted by Crippen LogP contribution is -2.10. The van der Waals surface area contributed by atoms with E-state index < -0.39 is 11.9 Å². The van der Waals surface area contributed by atoms with Crippen LogP contribution in [-0.2, 0) is 32.0 Å². The van der Waals surface area contributed by atoms with E-state index in [1.54, 1.807) is 22.2 Å². The second-order valence-corrected chi connectivity index (χ2v) is 8.86. The lowest BCUT2D eigenvalue weighted by atomic mass is 10.2. The standard InChI is InChI=1S/C19H17F3N6S/c20-19(21,22)14-8-12(10-4-5-10)27(25-14)7-6-15-24-17-16-11-2-1-3-13(11)29-18(16)23-9-28(17)26-15/h8-10H,1-7H2. The topological polar surface area (TPSA) is 60.9 Å². The molecule has 4 aromatic rings. The third kappa shape index (κ3) is 2.84. The monoisotopic (exact) mass is 418 g/mol. The largest absolute Gasteiger partial charge is 0.435 e. The van der Waals surface area contributed by atoms with Gasteiger partial charge in [0.05, 0.1) is 5.39 Å². The Morgan fingerprint density at radius 3 is 2.83 bits per heavy atom. The molecular formula is C19H17F3N6S. The molecule has 1 saturated carbocycles. The molecule has 1 fully saturated rings. The summed E-state index contributed by atoms with van der Waals surface area (Å²) in [6.07, 6.45) is 2.80. The highest BCUT2D eigenvalue weighted by molar-refractivity contribution is 7.19. The third-order valence-electron chi connectivity index (χ3n) is 5.73. The molecule has 4 heterocycles. The van der Waals surface area contributed by atoms with Gasteiger partial charge in [0, 0.05) is 29.5 Å². The average molecular weight is 418 g/mol. The van der Waals surface area contributed by atoms with E-state index in [2.05, 4.69) is 15.2 Å². The van der Waals surface area contributed by atoms with E-state index in [0.717, 1.165) is 48.0 Å². The summed E-state index contributed by atoms with van der Waals surface area (Å²) in [5.74, 6) is 0.785. The van der Waals surface area contributed by atoms with Crippen LogP contribution in [0, 0.1) is 0 Å². The number of hydrogen-bond donors (Lipinski definition) is 0. The minimum absolute atomic E-state index is 0.185. The number of aromatic nitrogens is 6. The minimum Gasteiger partial charge on any atom is -0.268 e. The second-order valence-electron chi connectivity index (χ2n) is 7.78. The van der Waals surface area contributed by atoms with Crippen LogP contribution in [0.3, 0.4) is 0 Å². The fourth-order valence-electron chi connectivity index (χ4n) is 4.21. The summed E-state index contributed by atoms with van der Waals surface area (Å²) in [6, 6.07) is 1.19. The Hall–Kier alpha value is -2.49. The molecule has 0 spiro atoms. The number of aryl methyl sites for hydroxylation is 4. The maximum atomic E-state index is 13.1. The molecule has 0 aliphatic heterocycles.